The number of aryl methyl sites for hydroxylation is 3. The number of rotatable bonds is 7. The van der Waals surface area contributed by atoms with E-state index in [9.17, 15) is 4.79 Å². The highest BCUT2D eigenvalue weighted by Crippen LogP contribution is 2.21. The van der Waals surface area contributed by atoms with Crippen LogP contribution in [0.25, 0.3) is 0 Å². The Kier molecular flexibility index (Phi) is 6.18. The topological polar surface area (TPSA) is 82.2 Å². The van der Waals surface area contributed by atoms with Gasteiger partial charge in [-0.25, -0.2) is 0 Å². The molecule has 1 N–H and O–H groups in total. The van der Waals surface area contributed by atoms with Crippen LogP contribution in [0, 0.1) is 27.7 Å². The second-order valence-corrected chi connectivity index (χ2v) is 7.38. The van der Waals surface area contributed by atoms with Gasteiger partial charge in [-0.1, -0.05) is 23.4 Å². The van der Waals surface area contributed by atoms with Gasteiger partial charge in [0.05, 0.1) is 22.3 Å². The van der Waals surface area contributed by atoms with E-state index in [0.29, 0.717) is 24.4 Å². The largest absolute Gasteiger partial charge is 0.488 e. The van der Waals surface area contributed by atoms with Crippen LogP contribution in [0.15, 0.2) is 33.3 Å². The van der Waals surface area contributed by atoms with Crippen molar-refractivity contribution in [3.05, 3.63) is 62.7 Å². The smallest absolute Gasteiger partial charge is 0.273 e. The third kappa shape index (κ3) is 4.27. The zero-order valence-electron chi connectivity index (χ0n) is 16.4. The molecule has 0 saturated carbocycles. The molecular weight excluding hydrogens is 424 g/mol. The predicted molar refractivity (Wildman–Crippen MR) is 108 cm³/mol. The third-order valence-corrected chi connectivity index (χ3v) is 5.72. The highest BCUT2D eigenvalue weighted by Gasteiger charge is 2.20. The molecule has 2 heterocycles. The first-order valence-electron chi connectivity index (χ1n) is 8.99. The average Bonchev–Trinajstić information content (AvgIpc) is 3.16. The number of nitrogens with zero attached hydrogens (tertiary/aromatic N) is 3. The van der Waals surface area contributed by atoms with Crippen LogP contribution in [0.2, 0.25) is 0 Å². The summed E-state index contributed by atoms with van der Waals surface area (Å²) in [6.07, 6.45) is 0. The van der Waals surface area contributed by atoms with Crippen LogP contribution in [0.1, 0.15) is 38.8 Å². The minimum Gasteiger partial charge on any atom is -0.488 e. The van der Waals surface area contributed by atoms with Gasteiger partial charge in [-0.2, -0.15) is 5.10 Å². The van der Waals surface area contributed by atoms with E-state index in [4.69, 9.17) is 9.26 Å². The Labute approximate surface area is 172 Å². The Bertz CT molecular complexity index is 993. The predicted octanol–water partition coefficient (Wildman–Crippen LogP) is 3.88. The van der Waals surface area contributed by atoms with E-state index in [1.807, 2.05) is 49.7 Å². The summed E-state index contributed by atoms with van der Waals surface area (Å²) < 4.78 is 13.9. The molecule has 0 radical (unpaired) electrons. The number of carbonyl (C=O) groups is 1. The van der Waals surface area contributed by atoms with Gasteiger partial charge in [0.1, 0.15) is 18.1 Å². The Morgan fingerprint density at radius 1 is 1.25 bits per heavy atom. The van der Waals surface area contributed by atoms with Crippen molar-refractivity contribution < 1.29 is 14.1 Å². The molecule has 0 aliphatic rings. The van der Waals surface area contributed by atoms with Gasteiger partial charge < -0.3 is 14.6 Å². The van der Waals surface area contributed by atoms with Crippen molar-refractivity contribution in [1.29, 1.82) is 0 Å². The first kappa shape index (κ1) is 20.1. The van der Waals surface area contributed by atoms with Gasteiger partial charge in [0.15, 0.2) is 5.69 Å². The van der Waals surface area contributed by atoms with Crippen molar-refractivity contribution in [2.24, 2.45) is 0 Å². The minimum absolute atomic E-state index is 0.216. The summed E-state index contributed by atoms with van der Waals surface area (Å²) in [5, 5.41) is 11.2. The van der Waals surface area contributed by atoms with E-state index < -0.39 is 0 Å². The second kappa shape index (κ2) is 8.60. The maximum atomic E-state index is 12.6. The van der Waals surface area contributed by atoms with Crippen molar-refractivity contribution in [3.8, 4) is 5.75 Å². The van der Waals surface area contributed by atoms with Crippen LogP contribution in [0.3, 0.4) is 0 Å². The molecule has 0 aliphatic heterocycles. The summed E-state index contributed by atoms with van der Waals surface area (Å²) in [6.45, 7) is 8.87. The van der Waals surface area contributed by atoms with Gasteiger partial charge in [-0.3, -0.25) is 9.48 Å². The van der Waals surface area contributed by atoms with E-state index in [0.717, 1.165) is 27.2 Å². The fraction of sp³-hybridized carbons (Fsp3) is 0.350. The number of hydrogen-bond acceptors (Lipinski definition) is 5. The number of halogens is 1. The molecule has 0 spiro atoms. The van der Waals surface area contributed by atoms with Crippen LogP contribution in [-0.4, -0.2) is 27.4 Å². The molecule has 0 fully saturated rings. The van der Waals surface area contributed by atoms with Crippen LogP contribution >= 0.6 is 15.9 Å². The Balaban J connectivity index is 1.62. The molecule has 8 heteroatoms. The number of para-hydroxylation sites is 1. The monoisotopic (exact) mass is 446 g/mol. The molecule has 0 unspecified atom stereocenters. The Hall–Kier alpha value is -2.61. The molecule has 28 heavy (non-hydrogen) atoms. The number of carbonyl (C=O) groups excluding carboxylic acids is 1. The Morgan fingerprint density at radius 2 is 2.00 bits per heavy atom. The summed E-state index contributed by atoms with van der Waals surface area (Å²) in [5.74, 6) is 1.05. The lowest BCUT2D eigenvalue weighted by Crippen LogP contribution is -2.29. The van der Waals surface area contributed by atoms with Crippen LogP contribution in [0.5, 0.6) is 5.75 Å². The average molecular weight is 447 g/mol. The van der Waals surface area contributed by atoms with Crippen molar-refractivity contribution in [2.75, 3.05) is 6.54 Å². The number of aromatic nitrogens is 3. The van der Waals surface area contributed by atoms with Gasteiger partial charge in [0, 0.05) is 12.2 Å². The zero-order chi connectivity index (χ0) is 20.3. The molecule has 0 bridgehead atoms. The number of amides is 1. The maximum absolute atomic E-state index is 12.6. The van der Waals surface area contributed by atoms with Crippen LogP contribution < -0.4 is 10.1 Å². The minimum atomic E-state index is -0.291. The lowest BCUT2D eigenvalue weighted by molar-refractivity contribution is 0.0940. The van der Waals surface area contributed by atoms with Crippen molar-refractivity contribution in [3.63, 3.8) is 0 Å². The molecule has 0 atom stereocenters. The molecule has 7 nitrogen and oxygen atoms in total. The second-order valence-electron chi connectivity index (χ2n) is 6.58. The molecule has 3 rings (SSSR count). The van der Waals surface area contributed by atoms with Crippen LogP contribution in [0.4, 0.5) is 0 Å². The number of nitrogens with one attached hydrogen (secondary N) is 1. The highest BCUT2D eigenvalue weighted by molar-refractivity contribution is 9.10. The quantitative estimate of drug-likeness (QED) is 0.595. The van der Waals surface area contributed by atoms with Gasteiger partial charge in [-0.05, 0) is 55.3 Å². The molecular formula is C20H23BrN4O3. The normalized spacial score (nSPS) is 10.9. The SMILES string of the molecule is Cc1ccccc1OCc1c(C(=O)NCCn2nc(C)c(Br)c2C)noc1C. The summed E-state index contributed by atoms with van der Waals surface area (Å²) >= 11 is 3.50. The molecule has 1 amide bonds. The van der Waals surface area contributed by atoms with Crippen molar-refractivity contribution >= 4 is 21.8 Å². The van der Waals surface area contributed by atoms with Crippen molar-refractivity contribution in [1.82, 2.24) is 20.3 Å². The summed E-state index contributed by atoms with van der Waals surface area (Å²) in [6, 6.07) is 7.73. The van der Waals surface area contributed by atoms with Gasteiger partial charge >= 0.3 is 0 Å². The third-order valence-electron chi connectivity index (χ3n) is 4.57. The van der Waals surface area contributed by atoms with Gasteiger partial charge in [0.25, 0.3) is 5.91 Å². The van der Waals surface area contributed by atoms with E-state index in [2.05, 4.69) is 31.5 Å². The number of ether oxygens (including phenoxy) is 1. The standard InChI is InChI=1S/C20H23BrN4O3/c1-12-7-5-6-8-17(12)27-11-16-15(4)28-24-19(16)20(26)22-9-10-25-14(3)18(21)13(2)23-25/h5-8H,9-11H2,1-4H3,(H,22,26). The van der Waals surface area contributed by atoms with Crippen molar-refractivity contribution in [2.45, 2.75) is 40.8 Å². The van der Waals surface area contributed by atoms with E-state index in [-0.39, 0.29) is 18.2 Å². The number of hydrogen-bond donors (Lipinski definition) is 1. The highest BCUT2D eigenvalue weighted by atomic mass is 79.9. The molecule has 0 saturated heterocycles. The molecule has 0 aliphatic carbocycles. The van der Waals surface area contributed by atoms with E-state index >= 15 is 0 Å². The summed E-state index contributed by atoms with van der Waals surface area (Å²) in [5.41, 5.74) is 3.87. The van der Waals surface area contributed by atoms with E-state index in [1.165, 1.54) is 0 Å². The Morgan fingerprint density at radius 3 is 2.68 bits per heavy atom. The first-order chi connectivity index (χ1) is 13.4. The fourth-order valence-electron chi connectivity index (χ4n) is 2.86. The zero-order valence-corrected chi connectivity index (χ0v) is 18.0. The number of benzene rings is 1. The van der Waals surface area contributed by atoms with Gasteiger partial charge in [-0.15, -0.1) is 0 Å². The first-order valence-corrected chi connectivity index (χ1v) is 9.79. The molecule has 1 aromatic carbocycles. The summed E-state index contributed by atoms with van der Waals surface area (Å²) in [4.78, 5) is 12.6. The van der Waals surface area contributed by atoms with E-state index in [1.54, 1.807) is 6.92 Å². The maximum Gasteiger partial charge on any atom is 0.273 e. The molecule has 3 aromatic rings. The lowest BCUT2D eigenvalue weighted by atomic mass is 10.2. The molecule has 2 aromatic heterocycles. The molecule has 148 valence electrons. The van der Waals surface area contributed by atoms with Gasteiger partial charge in [0.2, 0.25) is 0 Å². The summed E-state index contributed by atoms with van der Waals surface area (Å²) in [7, 11) is 0. The van der Waals surface area contributed by atoms with Crippen LogP contribution in [-0.2, 0) is 13.2 Å². The fourth-order valence-corrected chi connectivity index (χ4v) is 3.14. The lowest BCUT2D eigenvalue weighted by Gasteiger charge is -2.09.